The fourth-order valence-corrected chi connectivity index (χ4v) is 1.35. The Balaban J connectivity index is 3.08. The fraction of sp³-hybridized carbons (Fsp3) is 0.417. The highest BCUT2D eigenvalue weighted by atomic mass is 16.5. The van der Waals surface area contributed by atoms with Gasteiger partial charge in [-0.3, -0.25) is 0 Å². The first-order valence-electron chi connectivity index (χ1n) is 5.09. The maximum Gasteiger partial charge on any atom is 0.339 e. The largest absolute Gasteiger partial charge is 0.507 e. The third kappa shape index (κ3) is 2.73. The van der Waals surface area contributed by atoms with E-state index >= 15 is 0 Å². The summed E-state index contributed by atoms with van der Waals surface area (Å²) in [6, 6.07) is 3.35. The number of phenols is 1. The Morgan fingerprint density at radius 2 is 2.06 bits per heavy atom. The maximum atomic E-state index is 11.0. The van der Waals surface area contributed by atoms with Gasteiger partial charge < -0.3 is 14.9 Å². The topological polar surface area (TPSA) is 66.8 Å². The summed E-state index contributed by atoms with van der Waals surface area (Å²) in [4.78, 5) is 11.0. The highest BCUT2D eigenvalue weighted by Crippen LogP contribution is 2.26. The molecule has 0 aromatic heterocycles. The van der Waals surface area contributed by atoms with E-state index in [-0.39, 0.29) is 24.0 Å². The number of hydrogen-bond acceptors (Lipinski definition) is 3. The van der Waals surface area contributed by atoms with Gasteiger partial charge in [-0.1, -0.05) is 12.1 Å². The zero-order valence-corrected chi connectivity index (χ0v) is 9.65. The molecule has 4 heteroatoms. The second-order valence-corrected chi connectivity index (χ2v) is 3.93. The van der Waals surface area contributed by atoms with Crippen molar-refractivity contribution in [2.75, 3.05) is 0 Å². The van der Waals surface area contributed by atoms with E-state index in [0.29, 0.717) is 11.1 Å². The molecule has 0 aliphatic heterocycles. The zero-order valence-electron chi connectivity index (χ0n) is 9.65. The lowest BCUT2D eigenvalue weighted by molar-refractivity contribution is 0.0602. The minimum atomic E-state index is -1.14. The van der Waals surface area contributed by atoms with Gasteiger partial charge in [0, 0.05) is 0 Å². The summed E-state index contributed by atoms with van der Waals surface area (Å²) in [7, 11) is 0. The van der Waals surface area contributed by atoms with Crippen molar-refractivity contribution in [1.82, 2.24) is 0 Å². The molecule has 0 amide bonds. The lowest BCUT2D eigenvalue weighted by Crippen LogP contribution is -2.08. The quantitative estimate of drug-likeness (QED) is 0.823. The number of aromatic carboxylic acids is 1. The Hall–Kier alpha value is -1.55. The van der Waals surface area contributed by atoms with Gasteiger partial charge in [0.05, 0.1) is 12.7 Å². The Kier molecular flexibility index (Phi) is 3.90. The van der Waals surface area contributed by atoms with Crippen LogP contribution in [0.4, 0.5) is 0 Å². The van der Waals surface area contributed by atoms with Crippen LogP contribution in [0.2, 0.25) is 0 Å². The molecule has 0 saturated carbocycles. The van der Waals surface area contributed by atoms with Crippen molar-refractivity contribution in [3.05, 3.63) is 28.8 Å². The van der Waals surface area contributed by atoms with Gasteiger partial charge in [-0.2, -0.15) is 0 Å². The average molecular weight is 224 g/mol. The smallest absolute Gasteiger partial charge is 0.339 e. The summed E-state index contributed by atoms with van der Waals surface area (Å²) in [5.41, 5.74) is 0.968. The van der Waals surface area contributed by atoms with Crippen LogP contribution in [0.15, 0.2) is 12.1 Å². The molecule has 0 atom stereocenters. The summed E-state index contributed by atoms with van der Waals surface area (Å²) in [5.74, 6) is -1.32. The van der Waals surface area contributed by atoms with Crippen LogP contribution in [0.3, 0.4) is 0 Å². The SMILES string of the molecule is Cc1ccc(COC(C)C)c(C(=O)O)c1O. The number of benzene rings is 1. The van der Waals surface area contributed by atoms with Crippen LogP contribution in [0.1, 0.15) is 35.3 Å². The molecule has 0 spiro atoms. The number of carboxylic acid groups (broad SMARTS) is 1. The predicted octanol–water partition coefficient (Wildman–Crippen LogP) is 2.32. The summed E-state index contributed by atoms with van der Waals surface area (Å²) in [6.07, 6.45) is 0.0186. The van der Waals surface area contributed by atoms with E-state index in [1.165, 1.54) is 0 Å². The normalized spacial score (nSPS) is 10.8. The van der Waals surface area contributed by atoms with Gasteiger partial charge in [-0.25, -0.2) is 4.79 Å². The van der Waals surface area contributed by atoms with Crippen molar-refractivity contribution in [3.8, 4) is 5.75 Å². The molecule has 0 bridgehead atoms. The van der Waals surface area contributed by atoms with Crippen molar-refractivity contribution in [2.45, 2.75) is 33.5 Å². The number of aryl methyl sites for hydroxylation is 1. The summed E-state index contributed by atoms with van der Waals surface area (Å²) >= 11 is 0. The highest BCUT2D eigenvalue weighted by molar-refractivity contribution is 5.93. The number of carbonyl (C=O) groups is 1. The third-order valence-electron chi connectivity index (χ3n) is 2.25. The Morgan fingerprint density at radius 1 is 1.44 bits per heavy atom. The van der Waals surface area contributed by atoms with Gasteiger partial charge in [-0.15, -0.1) is 0 Å². The molecular weight excluding hydrogens is 208 g/mol. The molecule has 88 valence electrons. The van der Waals surface area contributed by atoms with Gasteiger partial charge >= 0.3 is 5.97 Å². The van der Waals surface area contributed by atoms with E-state index in [0.717, 1.165) is 0 Å². The molecular formula is C12H16O4. The van der Waals surface area contributed by atoms with Gasteiger partial charge in [0.2, 0.25) is 0 Å². The molecule has 1 rings (SSSR count). The molecule has 4 nitrogen and oxygen atoms in total. The predicted molar refractivity (Wildman–Crippen MR) is 59.7 cm³/mol. The van der Waals surface area contributed by atoms with Gasteiger partial charge in [0.1, 0.15) is 11.3 Å². The van der Waals surface area contributed by atoms with Gasteiger partial charge in [-0.05, 0) is 31.9 Å². The first-order valence-corrected chi connectivity index (χ1v) is 5.09. The van der Waals surface area contributed by atoms with Gasteiger partial charge in [0.25, 0.3) is 0 Å². The molecule has 0 unspecified atom stereocenters. The fourth-order valence-electron chi connectivity index (χ4n) is 1.35. The van der Waals surface area contributed by atoms with Crippen molar-refractivity contribution in [2.24, 2.45) is 0 Å². The molecule has 2 N–H and O–H groups in total. The standard InChI is InChI=1S/C12H16O4/c1-7(2)16-6-9-5-4-8(3)11(13)10(9)12(14)15/h4-5,7,13H,6H2,1-3H3,(H,14,15). The summed E-state index contributed by atoms with van der Waals surface area (Å²) in [6.45, 7) is 5.59. The van der Waals surface area contributed by atoms with Gasteiger partial charge in [0.15, 0.2) is 0 Å². The molecule has 16 heavy (non-hydrogen) atoms. The monoisotopic (exact) mass is 224 g/mol. The Morgan fingerprint density at radius 3 is 2.56 bits per heavy atom. The van der Waals surface area contributed by atoms with E-state index in [1.54, 1.807) is 19.1 Å². The lowest BCUT2D eigenvalue weighted by Gasteiger charge is -2.12. The van der Waals surface area contributed by atoms with E-state index in [2.05, 4.69) is 0 Å². The van der Waals surface area contributed by atoms with Crippen molar-refractivity contribution >= 4 is 5.97 Å². The van der Waals surface area contributed by atoms with Crippen molar-refractivity contribution < 1.29 is 19.7 Å². The van der Waals surface area contributed by atoms with Crippen LogP contribution in [-0.2, 0) is 11.3 Å². The van der Waals surface area contributed by atoms with Crippen LogP contribution in [-0.4, -0.2) is 22.3 Å². The maximum absolute atomic E-state index is 11.0. The number of rotatable bonds is 4. The summed E-state index contributed by atoms with van der Waals surface area (Å²) < 4.78 is 5.34. The molecule has 0 saturated heterocycles. The number of ether oxygens (including phenoxy) is 1. The average Bonchev–Trinajstić information content (AvgIpc) is 2.19. The first-order chi connectivity index (χ1) is 7.43. The molecule has 0 radical (unpaired) electrons. The second-order valence-electron chi connectivity index (χ2n) is 3.93. The minimum Gasteiger partial charge on any atom is -0.507 e. The second kappa shape index (κ2) is 4.99. The van der Waals surface area contributed by atoms with Crippen LogP contribution in [0.5, 0.6) is 5.75 Å². The number of hydrogen-bond donors (Lipinski definition) is 2. The lowest BCUT2D eigenvalue weighted by atomic mass is 10.0. The highest BCUT2D eigenvalue weighted by Gasteiger charge is 2.17. The molecule has 0 heterocycles. The van der Waals surface area contributed by atoms with E-state index in [1.807, 2.05) is 13.8 Å². The van der Waals surface area contributed by atoms with Crippen molar-refractivity contribution in [1.29, 1.82) is 0 Å². The minimum absolute atomic E-state index is 0.0186. The van der Waals surface area contributed by atoms with Crippen LogP contribution >= 0.6 is 0 Å². The van der Waals surface area contributed by atoms with E-state index < -0.39 is 5.97 Å². The molecule has 1 aromatic rings. The summed E-state index contributed by atoms with van der Waals surface area (Å²) in [5, 5.41) is 18.7. The Labute approximate surface area is 94.5 Å². The molecule has 0 aliphatic carbocycles. The first kappa shape index (κ1) is 12.5. The molecule has 1 aromatic carbocycles. The molecule has 0 fully saturated rings. The zero-order chi connectivity index (χ0) is 12.3. The Bertz CT molecular complexity index is 396. The van der Waals surface area contributed by atoms with E-state index in [9.17, 15) is 9.90 Å². The number of aromatic hydroxyl groups is 1. The van der Waals surface area contributed by atoms with Crippen LogP contribution in [0.25, 0.3) is 0 Å². The van der Waals surface area contributed by atoms with Crippen LogP contribution in [0, 0.1) is 6.92 Å². The number of carboxylic acids is 1. The van der Waals surface area contributed by atoms with Crippen LogP contribution < -0.4 is 0 Å². The molecule has 0 aliphatic rings. The van der Waals surface area contributed by atoms with Crippen molar-refractivity contribution in [3.63, 3.8) is 0 Å². The van der Waals surface area contributed by atoms with E-state index in [4.69, 9.17) is 9.84 Å². The third-order valence-corrected chi connectivity index (χ3v) is 2.25.